The molecule has 1 saturated carbocycles. The van der Waals surface area contributed by atoms with Gasteiger partial charge in [-0.05, 0) is 51.0 Å². The number of hydrogen-bond donors (Lipinski definition) is 3. The van der Waals surface area contributed by atoms with Crippen LogP contribution in [0.2, 0.25) is 0 Å². The second-order valence-electron chi connectivity index (χ2n) is 8.63. The lowest BCUT2D eigenvalue weighted by Gasteiger charge is -2.15. The van der Waals surface area contributed by atoms with Gasteiger partial charge >= 0.3 is 5.97 Å². The van der Waals surface area contributed by atoms with E-state index in [2.05, 4.69) is 16.0 Å². The Bertz CT molecular complexity index is 1070. The van der Waals surface area contributed by atoms with Crippen molar-refractivity contribution in [3.63, 3.8) is 0 Å². The summed E-state index contributed by atoms with van der Waals surface area (Å²) < 4.78 is 5.22. The summed E-state index contributed by atoms with van der Waals surface area (Å²) in [7, 11) is 0. The molecule has 3 N–H and O–H groups in total. The minimum atomic E-state index is -0.667. The predicted molar refractivity (Wildman–Crippen MR) is 136 cm³/mol. The topological polar surface area (TPSA) is 114 Å². The molecule has 0 aromatic heterocycles. The molecular weight excluding hydrogens is 466 g/mol. The number of thioether (sulfide) groups is 1. The van der Waals surface area contributed by atoms with Crippen molar-refractivity contribution in [2.24, 2.45) is 0 Å². The zero-order chi connectivity index (χ0) is 25.2. The number of esters is 1. The molecule has 0 aliphatic heterocycles. The maximum absolute atomic E-state index is 12.7. The van der Waals surface area contributed by atoms with Crippen molar-refractivity contribution >= 4 is 41.1 Å². The van der Waals surface area contributed by atoms with Gasteiger partial charge in [-0.3, -0.25) is 14.4 Å². The van der Waals surface area contributed by atoms with Gasteiger partial charge in [0.25, 0.3) is 11.8 Å². The minimum Gasteiger partial charge on any atom is -0.452 e. The Labute approximate surface area is 209 Å². The second kappa shape index (κ2) is 12.9. The summed E-state index contributed by atoms with van der Waals surface area (Å²) in [6, 6.07) is 13.7. The molecule has 3 rings (SSSR count). The van der Waals surface area contributed by atoms with E-state index in [9.17, 15) is 19.2 Å². The van der Waals surface area contributed by atoms with Crippen molar-refractivity contribution in [3.8, 4) is 0 Å². The standard InChI is InChI=1S/C26H31N3O5S/c1-17(2)27-24(31)16-35-22-14-8-6-12-20(22)26(33)34-15-23(30)29-21-13-7-5-11-19(21)25(32)28-18-9-3-4-10-18/h5-8,11-14,17-18H,3-4,9-10,15-16H2,1-2H3,(H,27,31)(H,28,32)(H,29,30). The number of anilines is 1. The van der Waals surface area contributed by atoms with Crippen LogP contribution < -0.4 is 16.0 Å². The molecule has 2 aromatic carbocycles. The van der Waals surface area contributed by atoms with E-state index in [1.807, 2.05) is 13.8 Å². The number of rotatable bonds is 10. The summed E-state index contributed by atoms with van der Waals surface area (Å²) in [5, 5.41) is 8.47. The largest absolute Gasteiger partial charge is 0.452 e. The van der Waals surface area contributed by atoms with Crippen LogP contribution >= 0.6 is 11.8 Å². The first-order valence-corrected chi connectivity index (χ1v) is 12.7. The average molecular weight is 498 g/mol. The van der Waals surface area contributed by atoms with Crippen LogP contribution in [0.15, 0.2) is 53.4 Å². The summed E-state index contributed by atoms with van der Waals surface area (Å²) in [4.78, 5) is 50.3. The molecule has 0 bridgehead atoms. The smallest absolute Gasteiger partial charge is 0.339 e. The minimum absolute atomic E-state index is 0.0285. The van der Waals surface area contributed by atoms with Gasteiger partial charge in [-0.2, -0.15) is 0 Å². The third-order valence-electron chi connectivity index (χ3n) is 5.39. The van der Waals surface area contributed by atoms with Crippen molar-refractivity contribution in [2.45, 2.75) is 56.5 Å². The molecule has 3 amide bonds. The van der Waals surface area contributed by atoms with E-state index < -0.39 is 18.5 Å². The molecular formula is C26H31N3O5S. The monoisotopic (exact) mass is 497 g/mol. The molecule has 0 heterocycles. The highest BCUT2D eigenvalue weighted by Crippen LogP contribution is 2.24. The van der Waals surface area contributed by atoms with Gasteiger partial charge in [0.15, 0.2) is 6.61 Å². The first-order chi connectivity index (χ1) is 16.8. The van der Waals surface area contributed by atoms with Crippen LogP contribution in [0.1, 0.15) is 60.2 Å². The zero-order valence-electron chi connectivity index (χ0n) is 20.0. The second-order valence-corrected chi connectivity index (χ2v) is 9.65. The van der Waals surface area contributed by atoms with Gasteiger partial charge in [0.1, 0.15) is 0 Å². The van der Waals surface area contributed by atoms with Gasteiger partial charge in [-0.25, -0.2) is 4.79 Å². The van der Waals surface area contributed by atoms with Gasteiger partial charge in [0.2, 0.25) is 5.91 Å². The lowest BCUT2D eigenvalue weighted by molar-refractivity contribution is -0.119. The third-order valence-corrected chi connectivity index (χ3v) is 6.46. The molecule has 186 valence electrons. The van der Waals surface area contributed by atoms with E-state index in [-0.39, 0.29) is 35.2 Å². The van der Waals surface area contributed by atoms with Crippen LogP contribution in [-0.2, 0) is 14.3 Å². The fraction of sp³-hybridized carbons (Fsp3) is 0.385. The van der Waals surface area contributed by atoms with Crippen molar-refractivity contribution in [3.05, 3.63) is 59.7 Å². The maximum Gasteiger partial charge on any atom is 0.339 e. The molecule has 1 aliphatic rings. The number of benzene rings is 2. The van der Waals surface area contributed by atoms with Crippen molar-refractivity contribution < 1.29 is 23.9 Å². The summed E-state index contributed by atoms with van der Waals surface area (Å²) in [6.45, 7) is 3.24. The Morgan fingerprint density at radius 3 is 2.31 bits per heavy atom. The number of carbonyl (C=O) groups is 4. The maximum atomic E-state index is 12.7. The predicted octanol–water partition coefficient (Wildman–Crippen LogP) is 3.77. The van der Waals surface area contributed by atoms with E-state index in [0.29, 0.717) is 16.1 Å². The first-order valence-electron chi connectivity index (χ1n) is 11.7. The van der Waals surface area contributed by atoms with Crippen LogP contribution in [0.5, 0.6) is 0 Å². The van der Waals surface area contributed by atoms with E-state index in [4.69, 9.17) is 4.74 Å². The number of carbonyl (C=O) groups excluding carboxylic acids is 4. The number of nitrogens with one attached hydrogen (secondary N) is 3. The zero-order valence-corrected chi connectivity index (χ0v) is 20.8. The van der Waals surface area contributed by atoms with Crippen LogP contribution in [0, 0.1) is 0 Å². The van der Waals surface area contributed by atoms with Crippen LogP contribution in [0.25, 0.3) is 0 Å². The van der Waals surface area contributed by atoms with E-state index >= 15 is 0 Å². The Morgan fingerprint density at radius 1 is 0.943 bits per heavy atom. The van der Waals surface area contributed by atoms with Crippen molar-refractivity contribution in [1.29, 1.82) is 0 Å². The van der Waals surface area contributed by atoms with Crippen molar-refractivity contribution in [2.75, 3.05) is 17.7 Å². The molecule has 0 saturated heterocycles. The molecule has 1 aliphatic carbocycles. The first kappa shape index (κ1) is 26.3. The molecule has 1 fully saturated rings. The summed E-state index contributed by atoms with van der Waals surface area (Å²) in [5.74, 6) is -1.44. The number of ether oxygens (including phenoxy) is 1. The lowest BCUT2D eigenvalue weighted by Crippen LogP contribution is -2.33. The Hall–Kier alpha value is -3.33. The third kappa shape index (κ3) is 8.13. The highest BCUT2D eigenvalue weighted by Gasteiger charge is 2.21. The molecule has 35 heavy (non-hydrogen) atoms. The van der Waals surface area contributed by atoms with Crippen LogP contribution in [-0.4, -0.2) is 48.1 Å². The lowest BCUT2D eigenvalue weighted by atomic mass is 10.1. The fourth-order valence-electron chi connectivity index (χ4n) is 3.79. The SMILES string of the molecule is CC(C)NC(=O)CSc1ccccc1C(=O)OCC(=O)Nc1ccccc1C(=O)NC1CCCC1. The van der Waals surface area contributed by atoms with Gasteiger partial charge in [0.05, 0.1) is 22.6 Å². The number of amides is 3. The van der Waals surface area contributed by atoms with E-state index in [1.54, 1.807) is 48.5 Å². The summed E-state index contributed by atoms with van der Waals surface area (Å²) in [6.07, 6.45) is 4.11. The normalized spacial score (nSPS) is 13.3. The van der Waals surface area contributed by atoms with E-state index in [0.717, 1.165) is 25.7 Å². The van der Waals surface area contributed by atoms with Gasteiger partial charge in [-0.15, -0.1) is 11.8 Å². The quantitative estimate of drug-likeness (QED) is 0.340. The highest BCUT2D eigenvalue weighted by atomic mass is 32.2. The Balaban J connectivity index is 1.56. The van der Waals surface area contributed by atoms with Gasteiger partial charge in [0, 0.05) is 17.0 Å². The molecule has 8 nitrogen and oxygen atoms in total. The number of para-hydroxylation sites is 1. The Kier molecular flexibility index (Phi) is 9.72. The summed E-state index contributed by atoms with van der Waals surface area (Å²) >= 11 is 1.22. The fourth-order valence-corrected chi connectivity index (χ4v) is 4.64. The molecule has 0 atom stereocenters. The van der Waals surface area contributed by atoms with Gasteiger partial charge < -0.3 is 20.7 Å². The molecule has 0 spiro atoms. The van der Waals surface area contributed by atoms with E-state index in [1.165, 1.54) is 11.8 Å². The van der Waals surface area contributed by atoms with Crippen LogP contribution in [0.4, 0.5) is 5.69 Å². The molecule has 0 radical (unpaired) electrons. The highest BCUT2D eigenvalue weighted by molar-refractivity contribution is 8.00. The number of hydrogen-bond acceptors (Lipinski definition) is 6. The Morgan fingerprint density at radius 2 is 1.60 bits per heavy atom. The molecule has 2 aromatic rings. The average Bonchev–Trinajstić information content (AvgIpc) is 3.34. The van der Waals surface area contributed by atoms with Crippen molar-refractivity contribution in [1.82, 2.24) is 10.6 Å². The van der Waals surface area contributed by atoms with Gasteiger partial charge in [-0.1, -0.05) is 37.1 Å². The summed E-state index contributed by atoms with van der Waals surface area (Å²) in [5.41, 5.74) is 0.996. The molecule has 0 unspecified atom stereocenters. The molecule has 9 heteroatoms. The van der Waals surface area contributed by atoms with Crippen LogP contribution in [0.3, 0.4) is 0 Å².